The van der Waals surface area contributed by atoms with Gasteiger partial charge in [-0.1, -0.05) is 181 Å². The van der Waals surface area contributed by atoms with Crippen LogP contribution in [-0.2, 0) is 120 Å². The van der Waals surface area contributed by atoms with E-state index in [1.807, 2.05) is 37.3 Å². The number of fused-ring (bicyclic) bond motifs is 1. The number of thioether (sulfide) groups is 1. The van der Waals surface area contributed by atoms with Crippen molar-refractivity contribution < 1.29 is 91.7 Å². The number of carbonyl (C=O) groups is 16. The Morgan fingerprint density at radius 2 is 1.01 bits per heavy atom. The molecule has 0 radical (unpaired) electrons. The molecule has 0 saturated carbocycles. The van der Waals surface area contributed by atoms with Crippen molar-refractivity contribution in [3.05, 3.63) is 203 Å². The van der Waals surface area contributed by atoms with Gasteiger partial charge < -0.3 is 82.1 Å². The van der Waals surface area contributed by atoms with Gasteiger partial charge in [0.15, 0.2) is 11.6 Å². The number of nitrogens with one attached hydrogen (secondary N) is 7. The molecule has 11 atom stereocenters. The summed E-state index contributed by atoms with van der Waals surface area (Å²) in [6, 6.07) is 32.3. The summed E-state index contributed by atoms with van der Waals surface area (Å²) in [5, 5.41) is 38.3. The van der Waals surface area contributed by atoms with Crippen LogP contribution in [-0.4, -0.2) is 255 Å². The van der Waals surface area contributed by atoms with Crippen LogP contribution in [0.3, 0.4) is 0 Å². The summed E-state index contributed by atoms with van der Waals surface area (Å²) in [7, 11) is 6.84. The number of benzene rings is 6. The molecule has 33 heteroatoms. The molecule has 130 heavy (non-hydrogen) atoms. The lowest BCUT2D eigenvalue weighted by Crippen LogP contribution is -2.59. The van der Waals surface area contributed by atoms with Crippen molar-refractivity contribution in [2.45, 2.75) is 185 Å². The number of likely N-dealkylation sites (N-methyl/N-ethyl adjacent to an activating group) is 5. The van der Waals surface area contributed by atoms with E-state index in [0.717, 1.165) is 32.0 Å². The molecule has 696 valence electrons. The first-order chi connectivity index (χ1) is 62.0. The number of H-pyrrole nitrogens is 1. The van der Waals surface area contributed by atoms with Crippen LogP contribution in [0.15, 0.2) is 170 Å². The molecule has 1 aromatic heterocycles. The Balaban J connectivity index is 1.21. The highest BCUT2D eigenvalue weighted by molar-refractivity contribution is 8.00. The predicted octanol–water partition coefficient (Wildman–Crippen LogP) is 5.83. The fourth-order valence-electron chi connectivity index (χ4n) is 15.7. The SMILES string of the molecule is CCCC[C@H]1C(=O)N(C)CC(=O)C[C@@H](COC=O)C(=O)C[C@@H](C(C)C)C(=O)N(C)[C@@H](Cc2ccccc2)C(=O)N[C@@H](Cc2ccc(O)cc2)C(=O)N(C)CC(=O)N[C@@H](Cc2c[nH]c3ccccc23)C(=O)N[C@@H](Cc2ccc(O)cc2)C(=O)N[C@@H](CC(C)C)C(=O)N[C@H](C(=O)CCC(N)=O)CSCC(=O)N[C@@H](CCc2ccccc2)C(=O)N(C)[C@@H](Cc2ccccc2)C(=O)N1C. The number of phenols is 2. The molecule has 6 aromatic carbocycles. The minimum Gasteiger partial charge on any atom is -0.508 e. The molecule has 1 saturated heterocycles. The van der Waals surface area contributed by atoms with E-state index in [2.05, 4.69) is 36.9 Å². The summed E-state index contributed by atoms with van der Waals surface area (Å²) in [6.07, 6.45) is -0.130. The zero-order chi connectivity index (χ0) is 94.8. The van der Waals surface area contributed by atoms with Gasteiger partial charge >= 0.3 is 0 Å². The van der Waals surface area contributed by atoms with Crippen molar-refractivity contribution in [2.24, 2.45) is 29.4 Å². The predicted molar refractivity (Wildman–Crippen MR) is 490 cm³/mol. The third kappa shape index (κ3) is 31.1. The number of unbranched alkanes of at least 4 members (excludes halogenated alkanes) is 1. The summed E-state index contributed by atoms with van der Waals surface area (Å²) in [5.74, 6) is -16.2. The van der Waals surface area contributed by atoms with Crippen LogP contribution in [0.25, 0.3) is 10.9 Å². The number of phenolic OH excluding ortho intramolecular Hbond substituents is 2. The van der Waals surface area contributed by atoms with Crippen molar-refractivity contribution in [3.8, 4) is 11.5 Å². The maximum absolute atomic E-state index is 15.6. The normalized spacial score (nSPS) is 22.0. The summed E-state index contributed by atoms with van der Waals surface area (Å²) in [6.45, 7) is 6.89. The van der Waals surface area contributed by atoms with Gasteiger partial charge in [0.1, 0.15) is 72.2 Å². The van der Waals surface area contributed by atoms with E-state index in [9.17, 15) is 43.8 Å². The van der Waals surface area contributed by atoms with E-state index in [1.54, 1.807) is 119 Å². The van der Waals surface area contributed by atoms with Crippen LogP contribution in [0, 0.1) is 23.7 Å². The molecule has 11 N–H and O–H groups in total. The second-order valence-corrected chi connectivity index (χ2v) is 35.1. The van der Waals surface area contributed by atoms with Crippen LogP contribution < -0.4 is 37.6 Å². The van der Waals surface area contributed by atoms with Crippen molar-refractivity contribution in [1.82, 2.24) is 61.4 Å². The van der Waals surface area contributed by atoms with E-state index in [-0.39, 0.29) is 87.4 Å². The number of para-hydroxylation sites is 1. The number of nitrogens with two attached hydrogens (primary N) is 1. The van der Waals surface area contributed by atoms with Crippen molar-refractivity contribution in [1.29, 1.82) is 0 Å². The number of aryl methyl sites for hydroxylation is 1. The number of aromatic hydroxyl groups is 2. The Morgan fingerprint density at radius 1 is 0.500 bits per heavy atom. The van der Waals surface area contributed by atoms with Crippen molar-refractivity contribution >= 4 is 117 Å². The zero-order valence-corrected chi connectivity index (χ0v) is 76.3. The largest absolute Gasteiger partial charge is 0.508 e. The smallest absolute Gasteiger partial charge is 0.293 e. The molecule has 0 spiro atoms. The third-order valence-corrected chi connectivity index (χ3v) is 24.2. The van der Waals surface area contributed by atoms with E-state index in [0.29, 0.717) is 51.6 Å². The molecule has 1 aliphatic rings. The van der Waals surface area contributed by atoms with Crippen LogP contribution in [0.4, 0.5) is 0 Å². The standard InChI is InChI=1S/C97H123N13O19S/c1-11-12-32-81-96(127)106(6)54-71(114)50-68(56-129-59-111)85(116)52-73(61(4)5)93(124)109(9)82(48-63-26-18-14-19-27-63)92(123)104-79(47-66-35-40-70(113)41-36-66)94(125)107(7)55-87(118)101-78(51-67-53-99-74-31-23-22-30-72(67)74)91(122)103-77(46-65-33-38-69(112)39-34-65)90(121)102-76(45-60(2)3)89(120)105-80(84(115)43-44-86(98)117)57-130-58-88(119)100-75(42-37-62-24-16-13-17-25-62)95(126)110(10)83(97(128)108(81)8)49-64-28-20-15-21-29-64/h13-31,33-36,38-41,53,59-61,68,73,75-83,99,112-113H,11-12,32,37,42-52,54-58H2,1-10H3,(H2,98,117)(H,100,119)(H,101,118)(H,102,121)(H,103,122)(H,104,123)(H,105,120)/t68-,73-,75-,76-,77-,78-,79-,80-,81-,82-,83-/m0/s1. The zero-order valence-electron chi connectivity index (χ0n) is 75.4. The summed E-state index contributed by atoms with van der Waals surface area (Å²) in [4.78, 5) is 244. The number of carbonyl (C=O) groups excluding carboxylic acids is 16. The van der Waals surface area contributed by atoms with E-state index in [1.165, 1.54) is 93.6 Å². The second kappa shape index (κ2) is 50.6. The first-order valence-electron chi connectivity index (χ1n) is 43.8. The van der Waals surface area contributed by atoms with Crippen molar-refractivity contribution in [2.75, 3.05) is 66.4 Å². The first kappa shape index (κ1) is 102. The van der Waals surface area contributed by atoms with Crippen LogP contribution in [0.2, 0.25) is 0 Å². The number of hydrogen-bond acceptors (Lipinski definition) is 20. The molecule has 32 nitrogen and oxygen atoms in total. The Labute approximate surface area is 762 Å². The number of rotatable bonds is 26. The minimum absolute atomic E-state index is 0.000734. The van der Waals surface area contributed by atoms with E-state index < -0.39 is 211 Å². The third-order valence-electron chi connectivity index (χ3n) is 23.2. The lowest BCUT2D eigenvalue weighted by Gasteiger charge is -2.37. The van der Waals surface area contributed by atoms with E-state index >= 15 is 43.2 Å². The highest BCUT2D eigenvalue weighted by Crippen LogP contribution is 2.28. The van der Waals surface area contributed by atoms with Crippen LogP contribution >= 0.6 is 11.8 Å². The summed E-state index contributed by atoms with van der Waals surface area (Å²) < 4.78 is 5.16. The Bertz CT molecular complexity index is 5040. The molecule has 0 unspecified atom stereocenters. The van der Waals surface area contributed by atoms with Gasteiger partial charge in [-0.15, -0.1) is 11.8 Å². The van der Waals surface area contributed by atoms with Gasteiger partial charge in [0.25, 0.3) is 6.47 Å². The van der Waals surface area contributed by atoms with Gasteiger partial charge in [-0.05, 0) is 101 Å². The number of Topliss-reactive ketones (excluding diaryl/α,β-unsaturated/α-hetero) is 3. The minimum atomic E-state index is -1.57. The average molecular weight is 1810 g/mol. The summed E-state index contributed by atoms with van der Waals surface area (Å²) in [5.41, 5.74) is 9.57. The number of aromatic amines is 1. The van der Waals surface area contributed by atoms with Crippen molar-refractivity contribution in [3.63, 3.8) is 0 Å². The van der Waals surface area contributed by atoms with Crippen LogP contribution in [0.5, 0.6) is 11.5 Å². The van der Waals surface area contributed by atoms with Gasteiger partial charge in [0, 0.05) is 122 Å². The Kier molecular flexibility index (Phi) is 39.8. The number of nitrogens with zero attached hydrogens (tertiary/aromatic N) is 5. The van der Waals surface area contributed by atoms with Gasteiger partial charge in [0.2, 0.25) is 70.9 Å². The van der Waals surface area contributed by atoms with Gasteiger partial charge in [-0.25, -0.2) is 0 Å². The molecule has 7 aromatic rings. The molecule has 2 heterocycles. The second-order valence-electron chi connectivity index (χ2n) is 34.1. The highest BCUT2D eigenvalue weighted by Gasteiger charge is 2.42. The number of primary amides is 1. The Hall–Kier alpha value is -13.1. The van der Waals surface area contributed by atoms with Gasteiger partial charge in [0.05, 0.1) is 30.8 Å². The maximum atomic E-state index is 15.6. The molecule has 1 fully saturated rings. The Morgan fingerprint density at radius 3 is 1.58 bits per heavy atom. The number of hydrogen-bond donors (Lipinski definition) is 10. The topological polar surface area (TPSA) is 453 Å². The molecule has 8 rings (SSSR count). The fraction of sp³-hybridized carbons (Fsp3) is 0.443. The van der Waals surface area contributed by atoms with Crippen LogP contribution in [0.1, 0.15) is 126 Å². The molecule has 0 aliphatic carbocycles. The number of aromatic nitrogens is 1. The first-order valence-corrected chi connectivity index (χ1v) is 45.0. The monoisotopic (exact) mass is 1810 g/mol. The number of ether oxygens (including phenoxy) is 1. The van der Waals surface area contributed by atoms with Gasteiger partial charge in [-0.2, -0.15) is 0 Å². The molecular formula is C97H123N13O19S. The average Bonchev–Trinajstić information content (AvgIpc) is 1.19. The summed E-state index contributed by atoms with van der Waals surface area (Å²) >= 11 is 0.890. The lowest BCUT2D eigenvalue weighted by atomic mass is 9.84. The van der Waals surface area contributed by atoms with Gasteiger partial charge in [-0.3, -0.25) is 76.7 Å². The quantitative estimate of drug-likeness (QED) is 0.0285. The van der Waals surface area contributed by atoms with E-state index in [4.69, 9.17) is 10.5 Å². The highest BCUT2D eigenvalue weighted by atomic mass is 32.2. The fourth-order valence-corrected chi connectivity index (χ4v) is 16.6. The lowest BCUT2D eigenvalue weighted by molar-refractivity contribution is -0.151. The molecule has 0 bridgehead atoms. The number of amides is 12. The number of ketones is 3. The maximum Gasteiger partial charge on any atom is 0.293 e. The molecule has 12 amide bonds. The molecule has 1 aliphatic heterocycles. The molecular weight excluding hydrogens is 1680 g/mol.